The van der Waals surface area contributed by atoms with E-state index in [0.717, 1.165) is 19.5 Å². The van der Waals surface area contributed by atoms with Gasteiger partial charge in [-0.25, -0.2) is 4.79 Å². The summed E-state index contributed by atoms with van der Waals surface area (Å²) < 4.78 is 10.0. The van der Waals surface area contributed by atoms with Crippen LogP contribution >= 0.6 is 0 Å². The summed E-state index contributed by atoms with van der Waals surface area (Å²) in [6.07, 6.45) is 0.169. The Morgan fingerprint density at radius 1 is 1.21 bits per heavy atom. The van der Waals surface area contributed by atoms with E-state index in [1.165, 1.54) is 5.56 Å². The molecule has 0 unspecified atom stereocenters. The Bertz CT molecular complexity index is 371. The number of carbonyl (C=O) groups is 1. The van der Waals surface area contributed by atoms with Gasteiger partial charge in [-0.15, -0.1) is 0 Å². The minimum absolute atomic E-state index is 0.372. The second-order valence-corrected chi connectivity index (χ2v) is 5.33. The first-order chi connectivity index (χ1) is 8.97. The van der Waals surface area contributed by atoms with Crippen molar-refractivity contribution in [3.05, 3.63) is 35.9 Å². The molecule has 1 rings (SSSR count). The van der Waals surface area contributed by atoms with Crippen molar-refractivity contribution in [1.29, 1.82) is 0 Å². The van der Waals surface area contributed by atoms with Crippen molar-refractivity contribution in [3.63, 3.8) is 0 Å². The molecule has 0 aliphatic rings. The van der Waals surface area contributed by atoms with Crippen molar-refractivity contribution in [1.82, 2.24) is 5.32 Å². The van der Waals surface area contributed by atoms with Gasteiger partial charge in [-0.1, -0.05) is 30.3 Å². The third kappa shape index (κ3) is 8.21. The number of benzene rings is 1. The third-order valence-corrected chi connectivity index (χ3v) is 2.28. The van der Waals surface area contributed by atoms with E-state index in [4.69, 9.17) is 9.47 Å². The van der Waals surface area contributed by atoms with Gasteiger partial charge in [0.25, 0.3) is 0 Å². The predicted molar refractivity (Wildman–Crippen MR) is 75.0 cm³/mol. The quantitative estimate of drug-likeness (QED) is 0.634. The van der Waals surface area contributed by atoms with E-state index in [1.807, 2.05) is 39.0 Å². The van der Waals surface area contributed by atoms with E-state index in [2.05, 4.69) is 17.4 Å². The first-order valence-corrected chi connectivity index (χ1v) is 6.58. The van der Waals surface area contributed by atoms with Crippen LogP contribution in [0.25, 0.3) is 0 Å². The monoisotopic (exact) mass is 265 g/mol. The lowest BCUT2D eigenvalue weighted by molar-refractivity contribution is -0.00742. The molecule has 0 aliphatic carbocycles. The van der Waals surface area contributed by atoms with Crippen molar-refractivity contribution in [3.8, 4) is 0 Å². The zero-order valence-electron chi connectivity index (χ0n) is 11.9. The SMILES string of the molecule is CC(C)(C)OC(=O)OCCCNCc1ccccc1. The molecule has 0 aliphatic heterocycles. The Balaban J connectivity index is 2.01. The van der Waals surface area contributed by atoms with Crippen molar-refractivity contribution < 1.29 is 14.3 Å². The second kappa shape index (κ2) is 7.79. The van der Waals surface area contributed by atoms with Crippen LogP contribution in [0.15, 0.2) is 30.3 Å². The summed E-state index contributed by atoms with van der Waals surface area (Å²) in [5.74, 6) is 0. The number of nitrogens with one attached hydrogen (secondary N) is 1. The normalized spacial score (nSPS) is 11.1. The van der Waals surface area contributed by atoms with E-state index in [0.29, 0.717) is 6.61 Å². The second-order valence-electron chi connectivity index (χ2n) is 5.33. The molecule has 0 amide bonds. The molecule has 0 bridgehead atoms. The van der Waals surface area contributed by atoms with Gasteiger partial charge < -0.3 is 14.8 Å². The van der Waals surface area contributed by atoms with Crippen LogP contribution in [0, 0.1) is 0 Å². The summed E-state index contributed by atoms with van der Waals surface area (Å²) in [5.41, 5.74) is 0.749. The molecular weight excluding hydrogens is 242 g/mol. The van der Waals surface area contributed by atoms with Crippen LogP contribution < -0.4 is 5.32 Å². The molecule has 0 aromatic heterocycles. The van der Waals surface area contributed by atoms with Crippen LogP contribution in [-0.2, 0) is 16.0 Å². The number of carbonyl (C=O) groups excluding carboxylic acids is 1. The van der Waals surface area contributed by atoms with Crippen molar-refractivity contribution in [2.24, 2.45) is 0 Å². The smallest absolute Gasteiger partial charge is 0.434 e. The number of rotatable bonds is 6. The topological polar surface area (TPSA) is 47.6 Å². The Kier molecular flexibility index (Phi) is 6.36. The zero-order chi connectivity index (χ0) is 14.1. The van der Waals surface area contributed by atoms with Crippen LogP contribution in [0.3, 0.4) is 0 Å². The molecule has 1 aromatic rings. The van der Waals surface area contributed by atoms with E-state index < -0.39 is 11.8 Å². The molecule has 0 radical (unpaired) electrons. The van der Waals surface area contributed by atoms with Gasteiger partial charge in [0.1, 0.15) is 5.60 Å². The molecule has 0 fully saturated rings. The largest absolute Gasteiger partial charge is 0.508 e. The van der Waals surface area contributed by atoms with E-state index in [1.54, 1.807) is 0 Å². The van der Waals surface area contributed by atoms with Crippen LogP contribution in [0.2, 0.25) is 0 Å². The summed E-state index contributed by atoms with van der Waals surface area (Å²) in [7, 11) is 0. The molecule has 0 atom stereocenters. The highest BCUT2D eigenvalue weighted by Gasteiger charge is 2.16. The van der Waals surface area contributed by atoms with Crippen molar-refractivity contribution in [2.75, 3.05) is 13.2 Å². The maximum absolute atomic E-state index is 11.2. The minimum atomic E-state index is -0.601. The number of hydrogen-bond donors (Lipinski definition) is 1. The standard InChI is InChI=1S/C15H23NO3/c1-15(2,3)19-14(17)18-11-7-10-16-12-13-8-5-4-6-9-13/h4-6,8-9,16H,7,10-12H2,1-3H3. The number of ether oxygens (including phenoxy) is 2. The maximum Gasteiger partial charge on any atom is 0.508 e. The molecule has 4 heteroatoms. The molecule has 0 heterocycles. The Hall–Kier alpha value is -1.55. The molecule has 0 spiro atoms. The van der Waals surface area contributed by atoms with Crippen LogP contribution in [0.4, 0.5) is 4.79 Å². The first-order valence-electron chi connectivity index (χ1n) is 6.58. The lowest BCUT2D eigenvalue weighted by Gasteiger charge is -2.18. The Morgan fingerprint density at radius 3 is 2.53 bits per heavy atom. The molecule has 4 nitrogen and oxygen atoms in total. The summed E-state index contributed by atoms with van der Waals surface area (Å²) in [6, 6.07) is 10.2. The van der Waals surface area contributed by atoms with Crippen molar-refractivity contribution >= 4 is 6.16 Å². The lowest BCUT2D eigenvalue weighted by atomic mass is 10.2. The fourth-order valence-corrected chi connectivity index (χ4v) is 1.46. The summed E-state index contributed by atoms with van der Waals surface area (Å²) in [6.45, 7) is 7.45. The first kappa shape index (κ1) is 15.5. The highest BCUT2D eigenvalue weighted by Crippen LogP contribution is 2.08. The van der Waals surface area contributed by atoms with Crippen molar-refractivity contribution in [2.45, 2.75) is 39.3 Å². The van der Waals surface area contributed by atoms with Gasteiger partial charge in [-0.2, -0.15) is 0 Å². The summed E-state index contributed by atoms with van der Waals surface area (Å²) in [5, 5.41) is 3.29. The van der Waals surface area contributed by atoms with Crippen LogP contribution in [0.1, 0.15) is 32.8 Å². The summed E-state index contributed by atoms with van der Waals surface area (Å²) in [4.78, 5) is 11.2. The Morgan fingerprint density at radius 2 is 1.89 bits per heavy atom. The van der Waals surface area contributed by atoms with Gasteiger partial charge in [0.05, 0.1) is 6.61 Å². The van der Waals surface area contributed by atoms with E-state index in [-0.39, 0.29) is 0 Å². The minimum Gasteiger partial charge on any atom is -0.434 e. The van der Waals surface area contributed by atoms with E-state index >= 15 is 0 Å². The average Bonchev–Trinajstić information content (AvgIpc) is 2.32. The molecule has 1 N–H and O–H groups in total. The molecule has 0 saturated heterocycles. The fraction of sp³-hybridized carbons (Fsp3) is 0.533. The molecule has 1 aromatic carbocycles. The molecule has 19 heavy (non-hydrogen) atoms. The third-order valence-electron chi connectivity index (χ3n) is 2.28. The molecular formula is C15H23NO3. The highest BCUT2D eigenvalue weighted by atomic mass is 16.7. The summed E-state index contributed by atoms with van der Waals surface area (Å²) >= 11 is 0. The molecule has 0 saturated carbocycles. The van der Waals surface area contributed by atoms with Gasteiger partial charge >= 0.3 is 6.16 Å². The van der Waals surface area contributed by atoms with Gasteiger partial charge in [0, 0.05) is 6.54 Å². The van der Waals surface area contributed by atoms with Gasteiger partial charge in [0.2, 0.25) is 0 Å². The van der Waals surface area contributed by atoms with Crippen LogP contribution in [-0.4, -0.2) is 24.9 Å². The molecule has 106 valence electrons. The lowest BCUT2D eigenvalue weighted by Crippen LogP contribution is -2.25. The highest BCUT2D eigenvalue weighted by molar-refractivity contribution is 5.60. The number of hydrogen-bond acceptors (Lipinski definition) is 4. The van der Waals surface area contributed by atoms with Crippen LogP contribution in [0.5, 0.6) is 0 Å². The zero-order valence-corrected chi connectivity index (χ0v) is 11.9. The Labute approximate surface area is 115 Å². The predicted octanol–water partition coefficient (Wildman–Crippen LogP) is 3.12. The maximum atomic E-state index is 11.2. The van der Waals surface area contributed by atoms with Gasteiger partial charge in [-0.3, -0.25) is 0 Å². The fourth-order valence-electron chi connectivity index (χ4n) is 1.46. The van der Waals surface area contributed by atoms with Gasteiger partial charge in [-0.05, 0) is 39.3 Å². The van der Waals surface area contributed by atoms with E-state index in [9.17, 15) is 4.79 Å². The average molecular weight is 265 g/mol. The van der Waals surface area contributed by atoms with Gasteiger partial charge in [0.15, 0.2) is 0 Å².